The molecule has 2 aromatic carbocycles. The van der Waals surface area contributed by atoms with Crippen LogP contribution >= 0.6 is 11.8 Å². The van der Waals surface area contributed by atoms with E-state index in [1.807, 2.05) is 44.2 Å². The van der Waals surface area contributed by atoms with E-state index in [1.165, 1.54) is 10.6 Å². The highest BCUT2D eigenvalue weighted by Crippen LogP contribution is 2.35. The maximum atomic E-state index is 13.1. The molecule has 0 bridgehead atoms. The number of carbonyl (C=O) groups excluding carboxylic acids is 2. The van der Waals surface area contributed by atoms with Gasteiger partial charge in [-0.2, -0.15) is 0 Å². The van der Waals surface area contributed by atoms with Crippen molar-refractivity contribution in [2.75, 3.05) is 31.2 Å². The average molecular weight is 488 g/mol. The largest absolute Gasteiger partial charge is 0.378 e. The molecule has 35 heavy (non-hydrogen) atoms. The maximum absolute atomic E-state index is 13.1. The van der Waals surface area contributed by atoms with Gasteiger partial charge in [-0.15, -0.1) is 0 Å². The fourth-order valence-corrected chi connectivity index (χ4v) is 5.53. The van der Waals surface area contributed by atoms with Gasteiger partial charge in [0.15, 0.2) is 0 Å². The van der Waals surface area contributed by atoms with E-state index in [0.29, 0.717) is 11.4 Å². The summed E-state index contributed by atoms with van der Waals surface area (Å²) in [6.07, 6.45) is 1.85. The van der Waals surface area contributed by atoms with Crippen molar-refractivity contribution in [1.29, 1.82) is 0 Å². The number of imide groups is 1. The predicted molar refractivity (Wildman–Crippen MR) is 141 cm³/mol. The molecular formula is C28H29N3O3S. The van der Waals surface area contributed by atoms with Crippen LogP contribution in [-0.4, -0.2) is 46.9 Å². The van der Waals surface area contributed by atoms with Gasteiger partial charge in [0.1, 0.15) is 0 Å². The van der Waals surface area contributed by atoms with Crippen LogP contribution in [0.4, 0.5) is 10.5 Å². The molecule has 6 nitrogen and oxygen atoms in total. The maximum Gasteiger partial charge on any atom is 0.293 e. The highest BCUT2D eigenvalue weighted by Gasteiger charge is 2.35. The summed E-state index contributed by atoms with van der Waals surface area (Å²) in [5.74, 6) is -0.233. The summed E-state index contributed by atoms with van der Waals surface area (Å²) < 4.78 is 7.64. The minimum absolute atomic E-state index is 0.225. The number of morpholine rings is 1. The number of benzene rings is 2. The Hall–Kier alpha value is -3.29. The second kappa shape index (κ2) is 9.76. The highest BCUT2D eigenvalue weighted by atomic mass is 32.2. The Morgan fingerprint density at radius 3 is 2.34 bits per heavy atom. The molecule has 7 heteroatoms. The van der Waals surface area contributed by atoms with E-state index in [2.05, 4.69) is 46.7 Å². The third-order valence-electron chi connectivity index (χ3n) is 6.70. The molecule has 0 radical (unpaired) electrons. The monoisotopic (exact) mass is 487 g/mol. The summed E-state index contributed by atoms with van der Waals surface area (Å²) >= 11 is 1.01. The van der Waals surface area contributed by atoms with Gasteiger partial charge in [-0.05, 0) is 85.6 Å². The molecule has 0 saturated carbocycles. The van der Waals surface area contributed by atoms with E-state index in [4.69, 9.17) is 4.74 Å². The van der Waals surface area contributed by atoms with Crippen LogP contribution in [0.3, 0.4) is 0 Å². The topological polar surface area (TPSA) is 54.8 Å². The molecule has 2 saturated heterocycles. The van der Waals surface area contributed by atoms with E-state index in [1.54, 1.807) is 0 Å². The van der Waals surface area contributed by atoms with E-state index < -0.39 is 0 Å². The van der Waals surface area contributed by atoms with Crippen LogP contribution in [0.1, 0.15) is 28.1 Å². The molecule has 0 spiro atoms. The average Bonchev–Trinajstić information content (AvgIpc) is 3.30. The SMILES string of the molecule is Cc1ccccc1CN1C(=O)S/C(=C\c2cc(C)n(-c3ccc(N4CCOCC4)cc3)c2C)C1=O. The van der Waals surface area contributed by atoms with Gasteiger partial charge in [0, 0.05) is 35.9 Å². The number of hydrogen-bond donors (Lipinski definition) is 0. The zero-order chi connectivity index (χ0) is 24.5. The molecule has 0 atom stereocenters. The van der Waals surface area contributed by atoms with Crippen molar-refractivity contribution in [2.45, 2.75) is 27.3 Å². The fourth-order valence-electron chi connectivity index (χ4n) is 4.70. The van der Waals surface area contributed by atoms with E-state index in [9.17, 15) is 9.59 Å². The van der Waals surface area contributed by atoms with Crippen molar-refractivity contribution < 1.29 is 14.3 Å². The van der Waals surface area contributed by atoms with Crippen LogP contribution in [0.5, 0.6) is 0 Å². The van der Waals surface area contributed by atoms with E-state index in [0.717, 1.165) is 71.8 Å². The smallest absolute Gasteiger partial charge is 0.293 e. The molecule has 1 aromatic heterocycles. The second-order valence-electron chi connectivity index (χ2n) is 8.97. The van der Waals surface area contributed by atoms with Gasteiger partial charge in [0.05, 0.1) is 24.7 Å². The summed E-state index contributed by atoms with van der Waals surface area (Å²) in [5, 5.41) is -0.225. The van der Waals surface area contributed by atoms with Crippen molar-refractivity contribution in [3.63, 3.8) is 0 Å². The molecule has 0 N–H and O–H groups in total. The van der Waals surface area contributed by atoms with Gasteiger partial charge < -0.3 is 14.2 Å². The molecule has 3 heterocycles. The van der Waals surface area contributed by atoms with Gasteiger partial charge >= 0.3 is 0 Å². The zero-order valence-corrected chi connectivity index (χ0v) is 21.1. The molecule has 5 rings (SSSR count). The lowest BCUT2D eigenvalue weighted by molar-refractivity contribution is -0.123. The van der Waals surface area contributed by atoms with Crippen LogP contribution in [-0.2, 0) is 16.1 Å². The summed E-state index contributed by atoms with van der Waals surface area (Å²) in [4.78, 5) is 29.9. The molecule has 3 aromatic rings. The number of thioether (sulfide) groups is 1. The fraction of sp³-hybridized carbons (Fsp3) is 0.286. The zero-order valence-electron chi connectivity index (χ0n) is 20.3. The summed E-state index contributed by atoms with van der Waals surface area (Å²) in [6.45, 7) is 9.73. The van der Waals surface area contributed by atoms with Crippen molar-refractivity contribution in [1.82, 2.24) is 9.47 Å². The summed E-state index contributed by atoms with van der Waals surface area (Å²) in [6, 6.07) is 18.5. The van der Waals surface area contributed by atoms with E-state index >= 15 is 0 Å². The Labute approximate surface area is 210 Å². The Morgan fingerprint density at radius 2 is 1.63 bits per heavy atom. The van der Waals surface area contributed by atoms with Gasteiger partial charge in [-0.25, -0.2) is 0 Å². The number of rotatable bonds is 5. The van der Waals surface area contributed by atoms with Gasteiger partial charge in [0.2, 0.25) is 0 Å². The number of anilines is 1. The van der Waals surface area contributed by atoms with Crippen molar-refractivity contribution in [3.05, 3.63) is 87.6 Å². The molecular weight excluding hydrogens is 458 g/mol. The minimum atomic E-state index is -0.233. The van der Waals surface area contributed by atoms with Crippen LogP contribution < -0.4 is 4.90 Å². The first-order valence-electron chi connectivity index (χ1n) is 11.8. The third kappa shape index (κ3) is 4.66. The number of aromatic nitrogens is 1. The quantitative estimate of drug-likeness (QED) is 0.447. The lowest BCUT2D eigenvalue weighted by Gasteiger charge is -2.29. The Bertz CT molecular complexity index is 1300. The van der Waals surface area contributed by atoms with Crippen LogP contribution in [0, 0.1) is 20.8 Å². The number of amides is 2. The predicted octanol–water partition coefficient (Wildman–Crippen LogP) is 5.48. The Balaban J connectivity index is 1.38. The number of ether oxygens (including phenoxy) is 1. The van der Waals surface area contributed by atoms with Gasteiger partial charge in [-0.3, -0.25) is 14.5 Å². The highest BCUT2D eigenvalue weighted by molar-refractivity contribution is 8.18. The first-order valence-corrected chi connectivity index (χ1v) is 12.7. The first-order chi connectivity index (χ1) is 16.9. The van der Waals surface area contributed by atoms with Crippen molar-refractivity contribution in [2.24, 2.45) is 0 Å². The van der Waals surface area contributed by atoms with Crippen molar-refractivity contribution in [3.8, 4) is 5.69 Å². The second-order valence-corrected chi connectivity index (χ2v) is 9.97. The molecule has 2 aliphatic heterocycles. The molecule has 0 aliphatic carbocycles. The standard InChI is InChI=1S/C28H29N3O3S/c1-19-6-4-5-7-22(19)18-30-27(32)26(35-28(30)33)17-23-16-20(2)31(21(23)3)25-10-8-24(9-11-25)29-12-14-34-15-13-29/h4-11,16-17H,12-15,18H2,1-3H3/b26-17-. The van der Waals surface area contributed by atoms with Crippen molar-refractivity contribution >= 4 is 34.7 Å². The van der Waals surface area contributed by atoms with Crippen LogP contribution in [0.15, 0.2) is 59.5 Å². The number of aryl methyl sites for hydroxylation is 2. The molecule has 2 aliphatic rings. The molecule has 2 fully saturated rings. The number of hydrogen-bond acceptors (Lipinski definition) is 5. The van der Waals surface area contributed by atoms with Crippen LogP contribution in [0.2, 0.25) is 0 Å². The Kier molecular flexibility index (Phi) is 6.54. The Morgan fingerprint density at radius 1 is 0.943 bits per heavy atom. The minimum Gasteiger partial charge on any atom is -0.378 e. The third-order valence-corrected chi connectivity index (χ3v) is 7.61. The number of carbonyl (C=O) groups is 2. The lowest BCUT2D eigenvalue weighted by Crippen LogP contribution is -2.36. The number of nitrogens with zero attached hydrogens (tertiary/aromatic N) is 3. The summed E-state index contributed by atoms with van der Waals surface area (Å²) in [7, 11) is 0. The normalized spacial score (nSPS) is 17.6. The van der Waals surface area contributed by atoms with Gasteiger partial charge in [0.25, 0.3) is 11.1 Å². The lowest BCUT2D eigenvalue weighted by atomic mass is 10.1. The summed E-state index contributed by atoms with van der Waals surface area (Å²) in [5.41, 5.74) is 7.38. The first kappa shape index (κ1) is 23.5. The van der Waals surface area contributed by atoms with E-state index in [-0.39, 0.29) is 11.1 Å². The molecule has 0 unspecified atom stereocenters. The van der Waals surface area contributed by atoms with Gasteiger partial charge in [-0.1, -0.05) is 24.3 Å². The van der Waals surface area contributed by atoms with Crippen LogP contribution in [0.25, 0.3) is 11.8 Å². The molecule has 2 amide bonds. The molecule has 180 valence electrons.